The lowest BCUT2D eigenvalue weighted by Crippen LogP contribution is -2.14. The normalized spacial score (nSPS) is 10.3. The molecular formula is C22H24N4O3. The zero-order valence-corrected chi connectivity index (χ0v) is 16.8. The highest BCUT2D eigenvalue weighted by molar-refractivity contribution is 6.04. The Morgan fingerprint density at radius 1 is 1.07 bits per heavy atom. The van der Waals surface area contributed by atoms with Crippen molar-refractivity contribution in [2.24, 2.45) is 0 Å². The number of rotatable bonds is 8. The fourth-order valence-corrected chi connectivity index (χ4v) is 2.61. The van der Waals surface area contributed by atoms with Gasteiger partial charge in [-0.1, -0.05) is 6.07 Å². The van der Waals surface area contributed by atoms with E-state index in [1.807, 2.05) is 50.2 Å². The largest absolute Gasteiger partial charge is 0.490 e. The molecule has 7 heteroatoms. The second-order valence-electron chi connectivity index (χ2n) is 6.50. The predicted octanol–water partition coefficient (Wildman–Crippen LogP) is 3.77. The molecule has 2 heterocycles. The van der Waals surface area contributed by atoms with Crippen LogP contribution in [0.25, 0.3) is 0 Å². The summed E-state index contributed by atoms with van der Waals surface area (Å²) in [5, 5.41) is 2.85. The average Bonchev–Trinajstić information content (AvgIpc) is 2.74. The fourth-order valence-electron chi connectivity index (χ4n) is 2.61. The minimum Gasteiger partial charge on any atom is -0.490 e. The van der Waals surface area contributed by atoms with Crippen LogP contribution in [0.15, 0.2) is 61.1 Å². The Balaban J connectivity index is 1.71. The van der Waals surface area contributed by atoms with E-state index in [2.05, 4.69) is 15.3 Å². The number of carbonyl (C=O) groups is 1. The molecule has 3 rings (SSSR count). The third kappa shape index (κ3) is 5.44. The second kappa shape index (κ2) is 9.54. The quantitative estimate of drug-likeness (QED) is 0.629. The summed E-state index contributed by atoms with van der Waals surface area (Å²) in [4.78, 5) is 22.9. The van der Waals surface area contributed by atoms with E-state index in [4.69, 9.17) is 9.47 Å². The van der Waals surface area contributed by atoms with Gasteiger partial charge in [-0.05, 0) is 43.3 Å². The van der Waals surface area contributed by atoms with Crippen LogP contribution in [0.1, 0.15) is 22.8 Å². The molecule has 1 N–H and O–H groups in total. The van der Waals surface area contributed by atoms with Gasteiger partial charge in [-0.25, -0.2) is 4.98 Å². The summed E-state index contributed by atoms with van der Waals surface area (Å²) in [6, 6.07) is 12.6. The Bertz CT molecular complexity index is 944. The van der Waals surface area contributed by atoms with Gasteiger partial charge in [-0.15, -0.1) is 0 Å². The molecule has 0 aliphatic rings. The van der Waals surface area contributed by atoms with E-state index < -0.39 is 0 Å². The number of ether oxygens (including phenoxy) is 2. The first-order chi connectivity index (χ1) is 14.1. The molecule has 0 aliphatic heterocycles. The zero-order valence-electron chi connectivity index (χ0n) is 16.8. The van der Waals surface area contributed by atoms with Gasteiger partial charge in [-0.3, -0.25) is 9.78 Å². The van der Waals surface area contributed by atoms with Crippen molar-refractivity contribution in [3.63, 3.8) is 0 Å². The molecule has 7 nitrogen and oxygen atoms in total. The van der Waals surface area contributed by atoms with Crippen LogP contribution in [0.5, 0.6) is 11.5 Å². The van der Waals surface area contributed by atoms with Crippen molar-refractivity contribution in [3.8, 4) is 11.5 Å². The number of pyridine rings is 2. The molecule has 0 radical (unpaired) electrons. The number of benzene rings is 1. The molecule has 0 saturated heterocycles. The molecule has 0 spiro atoms. The molecule has 1 amide bonds. The molecule has 29 heavy (non-hydrogen) atoms. The van der Waals surface area contributed by atoms with Gasteiger partial charge >= 0.3 is 0 Å². The fraction of sp³-hybridized carbons (Fsp3) is 0.227. The van der Waals surface area contributed by atoms with E-state index in [1.165, 1.54) is 0 Å². The standard InChI is InChI=1S/C22H24N4O3/c1-4-28-20-12-17(7-9-19(20)29-15-16-6-5-11-23-13-16)22(27)25-18-8-10-21(24-14-18)26(2)3/h5-14H,4,15H2,1-3H3,(H,25,27). The van der Waals surface area contributed by atoms with Gasteiger partial charge in [0.2, 0.25) is 0 Å². The van der Waals surface area contributed by atoms with Crippen LogP contribution in [0.4, 0.5) is 11.5 Å². The third-order valence-corrected chi connectivity index (χ3v) is 4.09. The van der Waals surface area contributed by atoms with Crippen molar-refractivity contribution in [3.05, 3.63) is 72.2 Å². The average molecular weight is 392 g/mol. The van der Waals surface area contributed by atoms with Crippen LogP contribution in [0.2, 0.25) is 0 Å². The first kappa shape index (κ1) is 20.1. The minimum atomic E-state index is -0.246. The Morgan fingerprint density at radius 2 is 1.93 bits per heavy atom. The molecule has 150 valence electrons. The van der Waals surface area contributed by atoms with Gasteiger partial charge in [-0.2, -0.15) is 0 Å². The maximum Gasteiger partial charge on any atom is 0.255 e. The Hall–Kier alpha value is -3.61. The molecule has 2 aromatic heterocycles. The van der Waals surface area contributed by atoms with Crippen LogP contribution >= 0.6 is 0 Å². The van der Waals surface area contributed by atoms with Crippen LogP contribution < -0.4 is 19.7 Å². The molecule has 0 fully saturated rings. The van der Waals surface area contributed by atoms with E-state index in [-0.39, 0.29) is 5.91 Å². The molecule has 0 saturated carbocycles. The first-order valence-electron chi connectivity index (χ1n) is 9.30. The van der Waals surface area contributed by atoms with Crippen molar-refractivity contribution >= 4 is 17.4 Å². The summed E-state index contributed by atoms with van der Waals surface area (Å²) in [7, 11) is 3.82. The zero-order chi connectivity index (χ0) is 20.6. The molecule has 0 unspecified atom stereocenters. The maximum atomic E-state index is 12.6. The molecule has 3 aromatic rings. The Morgan fingerprint density at radius 3 is 2.59 bits per heavy atom. The number of hydrogen-bond acceptors (Lipinski definition) is 6. The van der Waals surface area contributed by atoms with Gasteiger partial charge < -0.3 is 19.7 Å². The van der Waals surface area contributed by atoms with Crippen LogP contribution in [0, 0.1) is 0 Å². The van der Waals surface area contributed by atoms with Crippen LogP contribution in [0.3, 0.4) is 0 Å². The van der Waals surface area contributed by atoms with E-state index in [9.17, 15) is 4.79 Å². The van der Waals surface area contributed by atoms with Crippen molar-refractivity contribution in [2.75, 3.05) is 30.9 Å². The first-order valence-corrected chi connectivity index (χ1v) is 9.30. The lowest BCUT2D eigenvalue weighted by Gasteiger charge is -2.14. The molecule has 0 atom stereocenters. The molecule has 1 aromatic carbocycles. The lowest BCUT2D eigenvalue weighted by molar-refractivity contribution is 0.102. The van der Waals surface area contributed by atoms with Crippen molar-refractivity contribution in [2.45, 2.75) is 13.5 Å². The summed E-state index contributed by atoms with van der Waals surface area (Å²) in [5.41, 5.74) is 2.04. The number of nitrogens with one attached hydrogen (secondary N) is 1. The van der Waals surface area contributed by atoms with E-state index in [1.54, 1.807) is 36.8 Å². The van der Waals surface area contributed by atoms with E-state index >= 15 is 0 Å². The van der Waals surface area contributed by atoms with Gasteiger partial charge in [0.25, 0.3) is 5.91 Å². The van der Waals surface area contributed by atoms with Crippen molar-refractivity contribution < 1.29 is 14.3 Å². The van der Waals surface area contributed by atoms with Gasteiger partial charge in [0.1, 0.15) is 12.4 Å². The van der Waals surface area contributed by atoms with E-state index in [0.29, 0.717) is 36.0 Å². The predicted molar refractivity (Wildman–Crippen MR) is 113 cm³/mol. The van der Waals surface area contributed by atoms with Crippen LogP contribution in [-0.2, 0) is 6.61 Å². The van der Waals surface area contributed by atoms with Crippen molar-refractivity contribution in [1.29, 1.82) is 0 Å². The number of nitrogens with zero attached hydrogens (tertiary/aromatic N) is 3. The number of amides is 1. The minimum absolute atomic E-state index is 0.246. The summed E-state index contributed by atoms with van der Waals surface area (Å²) in [6.07, 6.45) is 5.09. The summed E-state index contributed by atoms with van der Waals surface area (Å²) in [5.74, 6) is 1.66. The summed E-state index contributed by atoms with van der Waals surface area (Å²) in [6.45, 7) is 2.71. The molecule has 0 aliphatic carbocycles. The molecule has 0 bridgehead atoms. The lowest BCUT2D eigenvalue weighted by atomic mass is 10.2. The van der Waals surface area contributed by atoms with Gasteiger partial charge in [0, 0.05) is 37.6 Å². The van der Waals surface area contributed by atoms with Gasteiger partial charge in [0.05, 0.1) is 18.5 Å². The summed E-state index contributed by atoms with van der Waals surface area (Å²) < 4.78 is 11.5. The monoisotopic (exact) mass is 392 g/mol. The highest BCUT2D eigenvalue weighted by Gasteiger charge is 2.13. The number of hydrogen-bond donors (Lipinski definition) is 1. The smallest absolute Gasteiger partial charge is 0.255 e. The topological polar surface area (TPSA) is 76.6 Å². The highest BCUT2D eigenvalue weighted by Crippen LogP contribution is 2.29. The number of aromatic nitrogens is 2. The number of anilines is 2. The highest BCUT2D eigenvalue weighted by atomic mass is 16.5. The Kier molecular flexibility index (Phi) is 6.63. The summed E-state index contributed by atoms with van der Waals surface area (Å²) >= 11 is 0. The maximum absolute atomic E-state index is 12.6. The van der Waals surface area contributed by atoms with Crippen LogP contribution in [-0.4, -0.2) is 36.6 Å². The third-order valence-electron chi connectivity index (χ3n) is 4.09. The second-order valence-corrected chi connectivity index (χ2v) is 6.50. The SMILES string of the molecule is CCOc1cc(C(=O)Nc2ccc(N(C)C)nc2)ccc1OCc1cccnc1. The van der Waals surface area contributed by atoms with E-state index in [0.717, 1.165) is 11.4 Å². The molecular weight excluding hydrogens is 368 g/mol. The van der Waals surface area contributed by atoms with Gasteiger partial charge in [0.15, 0.2) is 11.5 Å². The van der Waals surface area contributed by atoms with Crippen molar-refractivity contribution in [1.82, 2.24) is 9.97 Å². The number of carbonyl (C=O) groups excluding carboxylic acids is 1. The Labute approximate surface area is 170 Å².